The second kappa shape index (κ2) is 12.2. The highest BCUT2D eigenvalue weighted by atomic mass is 16.7. The lowest BCUT2D eigenvalue weighted by molar-refractivity contribution is -0.188. The van der Waals surface area contributed by atoms with Crippen LogP contribution in [0.3, 0.4) is 0 Å². The molecule has 3 atom stereocenters. The van der Waals surface area contributed by atoms with Crippen molar-refractivity contribution in [3.63, 3.8) is 0 Å². The number of benzene rings is 1. The van der Waals surface area contributed by atoms with Gasteiger partial charge in [0.15, 0.2) is 0 Å². The zero-order valence-corrected chi connectivity index (χ0v) is 17.9. The Morgan fingerprint density at radius 1 is 0.931 bits per heavy atom. The van der Waals surface area contributed by atoms with E-state index in [4.69, 9.17) is 19.9 Å². The molecule has 0 amide bonds. The van der Waals surface area contributed by atoms with E-state index in [2.05, 4.69) is 0 Å². The van der Waals surface area contributed by atoms with Crippen molar-refractivity contribution in [2.45, 2.75) is 66.4 Å². The van der Waals surface area contributed by atoms with Gasteiger partial charge >= 0.3 is 17.9 Å². The maximum absolute atomic E-state index is 12.4. The predicted octanol–water partition coefficient (Wildman–Crippen LogP) is 3.20. The van der Waals surface area contributed by atoms with E-state index in [1.54, 1.807) is 13.8 Å². The highest BCUT2D eigenvalue weighted by Crippen LogP contribution is 2.21. The van der Waals surface area contributed by atoms with Crippen molar-refractivity contribution in [1.29, 1.82) is 0 Å². The van der Waals surface area contributed by atoms with Gasteiger partial charge in [-0.1, -0.05) is 58.0 Å². The first-order chi connectivity index (χ1) is 13.6. The van der Waals surface area contributed by atoms with Crippen molar-refractivity contribution in [3.8, 4) is 0 Å². The Labute approximate surface area is 172 Å². The Bertz CT molecular complexity index is 659. The molecule has 0 spiro atoms. The van der Waals surface area contributed by atoms with Crippen LogP contribution in [0.25, 0.3) is 0 Å². The quantitative estimate of drug-likeness (QED) is 0.443. The monoisotopic (exact) mass is 407 g/mol. The molecule has 1 rings (SSSR count). The van der Waals surface area contributed by atoms with E-state index in [1.807, 2.05) is 44.2 Å². The van der Waals surface area contributed by atoms with Gasteiger partial charge in [0, 0.05) is 6.92 Å². The zero-order chi connectivity index (χ0) is 22.0. The minimum absolute atomic E-state index is 0.00143. The molecule has 0 heterocycles. The lowest BCUT2D eigenvalue weighted by Crippen LogP contribution is -2.43. The van der Waals surface area contributed by atoms with Gasteiger partial charge in [0.05, 0.1) is 12.3 Å². The second-order valence-corrected chi connectivity index (χ2v) is 7.86. The molecule has 7 heteroatoms. The van der Waals surface area contributed by atoms with E-state index < -0.39 is 36.2 Å². The van der Waals surface area contributed by atoms with E-state index in [0.717, 1.165) is 5.56 Å². The average Bonchev–Trinajstić information content (AvgIpc) is 2.65. The number of nitrogens with two attached hydrogens (primary N) is 1. The van der Waals surface area contributed by atoms with Gasteiger partial charge in [-0.05, 0) is 23.8 Å². The summed E-state index contributed by atoms with van der Waals surface area (Å²) in [6.45, 7) is 8.94. The molecule has 1 aromatic carbocycles. The molecule has 0 fully saturated rings. The Kier molecular flexibility index (Phi) is 10.4. The lowest BCUT2D eigenvalue weighted by atomic mass is 9.88. The number of hydrogen-bond donors (Lipinski definition) is 1. The molecule has 0 aliphatic heterocycles. The van der Waals surface area contributed by atoms with Crippen LogP contribution in [0.1, 0.15) is 53.0 Å². The van der Waals surface area contributed by atoms with Crippen LogP contribution in [0.2, 0.25) is 0 Å². The normalized spacial score (nSPS) is 14.2. The van der Waals surface area contributed by atoms with Crippen molar-refractivity contribution in [1.82, 2.24) is 0 Å². The van der Waals surface area contributed by atoms with E-state index >= 15 is 0 Å². The van der Waals surface area contributed by atoms with Crippen LogP contribution in [0.5, 0.6) is 0 Å². The van der Waals surface area contributed by atoms with E-state index in [0.29, 0.717) is 6.42 Å². The highest BCUT2D eigenvalue weighted by Gasteiger charge is 2.31. The molecule has 0 saturated carbocycles. The van der Waals surface area contributed by atoms with Crippen LogP contribution in [0.15, 0.2) is 30.3 Å². The summed E-state index contributed by atoms with van der Waals surface area (Å²) < 4.78 is 15.5. The number of hydrogen-bond acceptors (Lipinski definition) is 7. The number of rotatable bonds is 11. The van der Waals surface area contributed by atoms with Crippen LogP contribution in [0, 0.1) is 17.8 Å². The van der Waals surface area contributed by atoms with Crippen LogP contribution in [-0.2, 0) is 35.2 Å². The molecular formula is C22H33NO6. The summed E-state index contributed by atoms with van der Waals surface area (Å²) in [5.74, 6) is -2.17. The van der Waals surface area contributed by atoms with Crippen molar-refractivity contribution in [2.75, 3.05) is 0 Å². The van der Waals surface area contributed by atoms with Gasteiger partial charge in [-0.25, -0.2) is 0 Å². The first-order valence-corrected chi connectivity index (χ1v) is 9.96. The van der Waals surface area contributed by atoms with Gasteiger partial charge in [-0.3, -0.25) is 14.4 Å². The molecule has 7 nitrogen and oxygen atoms in total. The largest absolute Gasteiger partial charge is 0.461 e. The Morgan fingerprint density at radius 3 is 2.07 bits per heavy atom. The van der Waals surface area contributed by atoms with Crippen molar-refractivity contribution >= 4 is 17.9 Å². The Hall–Kier alpha value is -2.41. The van der Waals surface area contributed by atoms with Crippen LogP contribution >= 0.6 is 0 Å². The molecule has 0 aromatic heterocycles. The van der Waals surface area contributed by atoms with Crippen LogP contribution < -0.4 is 5.73 Å². The fraction of sp³-hybridized carbons (Fsp3) is 0.591. The van der Waals surface area contributed by atoms with Gasteiger partial charge in [-0.15, -0.1) is 0 Å². The first-order valence-electron chi connectivity index (χ1n) is 9.96. The molecule has 0 radical (unpaired) electrons. The molecule has 0 saturated heterocycles. The number of carbonyl (C=O) groups is 3. The first kappa shape index (κ1) is 24.6. The topological polar surface area (TPSA) is 105 Å². The van der Waals surface area contributed by atoms with Crippen molar-refractivity contribution < 1.29 is 28.6 Å². The lowest BCUT2D eigenvalue weighted by Gasteiger charge is -2.25. The maximum Gasteiger partial charge on any atom is 0.326 e. The predicted molar refractivity (Wildman–Crippen MR) is 108 cm³/mol. The molecule has 1 aromatic rings. The summed E-state index contributed by atoms with van der Waals surface area (Å²) in [6.07, 6.45) is -0.494. The van der Waals surface area contributed by atoms with Crippen LogP contribution in [-0.4, -0.2) is 30.2 Å². The summed E-state index contributed by atoms with van der Waals surface area (Å²) in [5, 5.41) is 0. The van der Waals surface area contributed by atoms with Gasteiger partial charge in [0.2, 0.25) is 6.29 Å². The third-order valence-corrected chi connectivity index (χ3v) is 4.26. The molecule has 29 heavy (non-hydrogen) atoms. The number of ether oxygens (including phenoxy) is 3. The van der Waals surface area contributed by atoms with E-state index in [9.17, 15) is 14.4 Å². The van der Waals surface area contributed by atoms with E-state index in [1.165, 1.54) is 6.92 Å². The van der Waals surface area contributed by atoms with Gasteiger partial charge in [0.1, 0.15) is 12.6 Å². The number of carbonyl (C=O) groups excluding carboxylic acids is 3. The summed E-state index contributed by atoms with van der Waals surface area (Å²) >= 11 is 0. The molecule has 0 aliphatic rings. The Morgan fingerprint density at radius 2 is 1.52 bits per heavy atom. The minimum Gasteiger partial charge on any atom is -0.461 e. The van der Waals surface area contributed by atoms with Gasteiger partial charge < -0.3 is 19.9 Å². The standard InChI is InChI=1S/C22H33NO6/c1-14(2)11-18(12-19(24)27-13-17-9-7-6-8-10-17)20(23)22(26)29-16(5)28-21(25)15(3)4/h6-10,14-16,18,20H,11-13,23H2,1-5H3. The van der Waals surface area contributed by atoms with Gasteiger partial charge in [0.25, 0.3) is 0 Å². The Balaban J connectivity index is 2.63. The SMILES string of the molecule is CC(C)CC(CC(=O)OCc1ccccc1)C(N)C(=O)OC(C)OC(=O)C(C)C. The van der Waals surface area contributed by atoms with Crippen molar-refractivity contribution in [3.05, 3.63) is 35.9 Å². The molecule has 3 unspecified atom stereocenters. The van der Waals surface area contributed by atoms with Gasteiger partial charge in [-0.2, -0.15) is 0 Å². The number of esters is 3. The molecule has 2 N–H and O–H groups in total. The third kappa shape index (κ3) is 9.56. The smallest absolute Gasteiger partial charge is 0.326 e. The molecule has 0 bridgehead atoms. The van der Waals surface area contributed by atoms with Crippen LogP contribution in [0.4, 0.5) is 0 Å². The summed E-state index contributed by atoms with van der Waals surface area (Å²) in [7, 11) is 0. The fourth-order valence-corrected chi connectivity index (χ4v) is 2.73. The summed E-state index contributed by atoms with van der Waals surface area (Å²) in [6, 6.07) is 8.31. The highest BCUT2D eigenvalue weighted by molar-refractivity contribution is 5.78. The molecular weight excluding hydrogens is 374 g/mol. The summed E-state index contributed by atoms with van der Waals surface area (Å²) in [5.41, 5.74) is 6.96. The van der Waals surface area contributed by atoms with Crippen molar-refractivity contribution in [2.24, 2.45) is 23.5 Å². The minimum atomic E-state index is -1.05. The second-order valence-electron chi connectivity index (χ2n) is 7.86. The zero-order valence-electron chi connectivity index (χ0n) is 17.9. The average molecular weight is 408 g/mol. The molecule has 0 aliphatic carbocycles. The molecule has 162 valence electrons. The maximum atomic E-state index is 12.4. The van der Waals surface area contributed by atoms with E-state index in [-0.39, 0.29) is 24.9 Å². The fourth-order valence-electron chi connectivity index (χ4n) is 2.73. The third-order valence-electron chi connectivity index (χ3n) is 4.26. The summed E-state index contributed by atoms with van der Waals surface area (Å²) in [4.78, 5) is 36.3.